The molecule has 0 bridgehead atoms. The molecule has 0 saturated carbocycles. The van der Waals surface area contributed by atoms with Crippen molar-refractivity contribution < 1.29 is 22.3 Å². The van der Waals surface area contributed by atoms with E-state index in [1.54, 1.807) is 0 Å². The van der Waals surface area contributed by atoms with Gasteiger partial charge in [0.05, 0.1) is 10.0 Å². The maximum Gasteiger partial charge on any atom is 0.416 e. The van der Waals surface area contributed by atoms with Crippen molar-refractivity contribution >= 4 is 15.9 Å². The summed E-state index contributed by atoms with van der Waals surface area (Å²) in [5.74, 6) is -0.241. The summed E-state index contributed by atoms with van der Waals surface area (Å²) in [6.45, 7) is -0.0774. The lowest BCUT2D eigenvalue weighted by Crippen LogP contribution is -2.06. The molecule has 0 unspecified atom stereocenters. The summed E-state index contributed by atoms with van der Waals surface area (Å²) in [5.41, 5.74) is -0.382. The summed E-state index contributed by atoms with van der Waals surface area (Å²) in [6.07, 6.45) is -4.39. The van der Waals surface area contributed by atoms with Crippen LogP contribution in [0.3, 0.4) is 0 Å². The fraction of sp³-hybridized carbons (Fsp3) is 0.143. The molecule has 2 aromatic carbocycles. The molecule has 0 aliphatic heterocycles. The molecule has 20 heavy (non-hydrogen) atoms. The highest BCUT2D eigenvalue weighted by atomic mass is 79.9. The smallest absolute Gasteiger partial charge is 0.416 e. The fourth-order valence-electron chi connectivity index (χ4n) is 1.59. The SMILES string of the molecule is Fc1ccc(Br)c(OCc2cccc(C(F)(F)F)c2)c1. The highest BCUT2D eigenvalue weighted by Crippen LogP contribution is 2.30. The van der Waals surface area contributed by atoms with Gasteiger partial charge < -0.3 is 4.74 Å². The van der Waals surface area contributed by atoms with Gasteiger partial charge in [-0.2, -0.15) is 13.2 Å². The minimum absolute atomic E-state index is 0.0774. The van der Waals surface area contributed by atoms with Gasteiger partial charge in [-0.1, -0.05) is 12.1 Å². The van der Waals surface area contributed by atoms with Gasteiger partial charge in [-0.05, 0) is 45.8 Å². The first kappa shape index (κ1) is 14.8. The third-order valence-electron chi connectivity index (χ3n) is 2.54. The Morgan fingerprint density at radius 2 is 1.80 bits per heavy atom. The largest absolute Gasteiger partial charge is 0.488 e. The van der Waals surface area contributed by atoms with Crippen LogP contribution in [0.5, 0.6) is 5.75 Å². The van der Waals surface area contributed by atoms with Crippen molar-refractivity contribution in [1.82, 2.24) is 0 Å². The summed E-state index contributed by atoms with van der Waals surface area (Å²) in [7, 11) is 0. The van der Waals surface area contributed by atoms with E-state index in [0.717, 1.165) is 18.2 Å². The Labute approximate surface area is 121 Å². The molecule has 0 atom stereocenters. The summed E-state index contributed by atoms with van der Waals surface area (Å²) < 4.78 is 56.5. The molecule has 0 fully saturated rings. The Balaban J connectivity index is 2.13. The van der Waals surface area contributed by atoms with Gasteiger partial charge >= 0.3 is 6.18 Å². The maximum atomic E-state index is 13.0. The van der Waals surface area contributed by atoms with Crippen LogP contribution >= 0.6 is 15.9 Å². The summed E-state index contributed by atoms with van der Waals surface area (Å²) in [6, 6.07) is 8.70. The number of rotatable bonds is 3. The molecule has 0 heterocycles. The number of alkyl halides is 3. The van der Waals surface area contributed by atoms with E-state index in [9.17, 15) is 17.6 Å². The van der Waals surface area contributed by atoms with Crippen molar-refractivity contribution in [2.45, 2.75) is 12.8 Å². The Hall–Kier alpha value is -1.56. The molecular formula is C14H9BrF4O. The van der Waals surface area contributed by atoms with Crippen molar-refractivity contribution in [3.05, 3.63) is 63.9 Å². The Kier molecular flexibility index (Phi) is 4.32. The highest BCUT2D eigenvalue weighted by Gasteiger charge is 2.30. The number of hydrogen-bond donors (Lipinski definition) is 0. The molecule has 0 amide bonds. The van der Waals surface area contributed by atoms with E-state index in [0.29, 0.717) is 10.0 Å². The van der Waals surface area contributed by atoms with E-state index in [1.807, 2.05) is 0 Å². The Bertz CT molecular complexity index is 610. The van der Waals surface area contributed by atoms with Crippen LogP contribution in [-0.4, -0.2) is 0 Å². The molecule has 0 aliphatic rings. The molecule has 0 spiro atoms. The highest BCUT2D eigenvalue weighted by molar-refractivity contribution is 9.10. The molecule has 0 N–H and O–H groups in total. The fourth-order valence-corrected chi connectivity index (χ4v) is 1.95. The van der Waals surface area contributed by atoms with Crippen LogP contribution < -0.4 is 4.74 Å². The minimum atomic E-state index is -4.39. The van der Waals surface area contributed by atoms with Crippen molar-refractivity contribution in [1.29, 1.82) is 0 Å². The van der Waals surface area contributed by atoms with Crippen LogP contribution in [0, 0.1) is 5.82 Å². The van der Waals surface area contributed by atoms with Gasteiger partial charge in [0.2, 0.25) is 0 Å². The molecule has 1 nitrogen and oxygen atoms in total. The lowest BCUT2D eigenvalue weighted by Gasteiger charge is -2.11. The Morgan fingerprint density at radius 3 is 2.50 bits per heavy atom. The third-order valence-corrected chi connectivity index (χ3v) is 3.20. The predicted octanol–water partition coefficient (Wildman–Crippen LogP) is 5.19. The number of ether oxygens (including phenoxy) is 1. The van der Waals surface area contributed by atoms with Gasteiger partial charge in [0, 0.05) is 6.07 Å². The van der Waals surface area contributed by atoms with E-state index in [4.69, 9.17) is 4.74 Å². The quantitative estimate of drug-likeness (QED) is 0.694. The van der Waals surface area contributed by atoms with Crippen LogP contribution in [0.15, 0.2) is 46.9 Å². The van der Waals surface area contributed by atoms with Crippen LogP contribution in [0.4, 0.5) is 17.6 Å². The predicted molar refractivity (Wildman–Crippen MR) is 69.9 cm³/mol. The van der Waals surface area contributed by atoms with E-state index < -0.39 is 17.6 Å². The molecule has 0 radical (unpaired) electrons. The van der Waals surface area contributed by atoms with Crippen LogP contribution in [0.2, 0.25) is 0 Å². The summed E-state index contributed by atoms with van der Waals surface area (Å²) in [5, 5.41) is 0. The monoisotopic (exact) mass is 348 g/mol. The molecule has 6 heteroatoms. The molecule has 2 aromatic rings. The average Bonchev–Trinajstić information content (AvgIpc) is 2.39. The second kappa shape index (κ2) is 5.83. The first-order valence-corrected chi connectivity index (χ1v) is 6.39. The molecular weight excluding hydrogens is 340 g/mol. The summed E-state index contributed by atoms with van der Waals surface area (Å²) >= 11 is 3.18. The molecule has 0 aliphatic carbocycles. The molecule has 2 rings (SSSR count). The second-order valence-corrected chi connectivity index (χ2v) is 4.92. The molecule has 0 aromatic heterocycles. The third kappa shape index (κ3) is 3.72. The molecule has 106 valence electrons. The van der Waals surface area contributed by atoms with Gasteiger partial charge in [-0.3, -0.25) is 0 Å². The van der Waals surface area contributed by atoms with Crippen LogP contribution in [0.1, 0.15) is 11.1 Å². The number of hydrogen-bond acceptors (Lipinski definition) is 1. The van der Waals surface area contributed by atoms with Crippen molar-refractivity contribution in [3.63, 3.8) is 0 Å². The number of halogens is 5. The first-order chi connectivity index (χ1) is 9.36. The van der Waals surface area contributed by atoms with Crippen LogP contribution in [-0.2, 0) is 12.8 Å². The van der Waals surface area contributed by atoms with E-state index in [-0.39, 0.29) is 12.4 Å². The standard InChI is InChI=1S/C14H9BrF4O/c15-12-5-4-11(16)7-13(12)20-8-9-2-1-3-10(6-9)14(17,18)19/h1-7H,8H2. The number of benzene rings is 2. The average molecular weight is 349 g/mol. The van der Waals surface area contributed by atoms with Gasteiger partial charge in [0.15, 0.2) is 0 Å². The van der Waals surface area contributed by atoms with Crippen molar-refractivity contribution in [2.75, 3.05) is 0 Å². The Morgan fingerprint density at radius 1 is 1.05 bits per heavy atom. The van der Waals surface area contributed by atoms with E-state index >= 15 is 0 Å². The van der Waals surface area contributed by atoms with Gasteiger partial charge in [-0.15, -0.1) is 0 Å². The first-order valence-electron chi connectivity index (χ1n) is 5.60. The zero-order chi connectivity index (χ0) is 14.8. The topological polar surface area (TPSA) is 9.23 Å². The lowest BCUT2D eigenvalue weighted by molar-refractivity contribution is -0.137. The summed E-state index contributed by atoms with van der Waals surface area (Å²) in [4.78, 5) is 0. The van der Waals surface area contributed by atoms with Crippen molar-refractivity contribution in [2.24, 2.45) is 0 Å². The zero-order valence-corrected chi connectivity index (χ0v) is 11.6. The normalized spacial score (nSPS) is 11.4. The van der Waals surface area contributed by atoms with Crippen molar-refractivity contribution in [3.8, 4) is 5.75 Å². The van der Waals surface area contributed by atoms with Gasteiger partial charge in [0.25, 0.3) is 0 Å². The molecule has 0 saturated heterocycles. The van der Waals surface area contributed by atoms with E-state index in [2.05, 4.69) is 15.9 Å². The zero-order valence-electron chi connectivity index (χ0n) is 10.0. The second-order valence-electron chi connectivity index (χ2n) is 4.06. The van der Waals surface area contributed by atoms with Gasteiger partial charge in [-0.25, -0.2) is 4.39 Å². The minimum Gasteiger partial charge on any atom is -0.488 e. The lowest BCUT2D eigenvalue weighted by atomic mass is 10.1. The van der Waals surface area contributed by atoms with Gasteiger partial charge in [0.1, 0.15) is 18.2 Å². The van der Waals surface area contributed by atoms with Crippen LogP contribution in [0.25, 0.3) is 0 Å². The van der Waals surface area contributed by atoms with E-state index in [1.165, 1.54) is 24.3 Å². The maximum absolute atomic E-state index is 13.0.